The Morgan fingerprint density at radius 1 is 0.792 bits per heavy atom. The fourth-order valence-electron chi connectivity index (χ4n) is 1.89. The molecule has 24 heavy (non-hydrogen) atoms. The lowest BCUT2D eigenvalue weighted by Gasteiger charge is -2.09. The van der Waals surface area contributed by atoms with Gasteiger partial charge < -0.3 is 15.7 Å². The Morgan fingerprint density at radius 2 is 1.25 bits per heavy atom. The van der Waals surface area contributed by atoms with Crippen LogP contribution >= 0.6 is 0 Å². The van der Waals surface area contributed by atoms with Crippen LogP contribution in [0.4, 0.5) is 11.4 Å². The number of rotatable bonds is 5. The van der Waals surface area contributed by atoms with E-state index in [-0.39, 0.29) is 23.3 Å². The minimum atomic E-state index is -1.02. The number of aromatic carboxylic acids is 1. The molecule has 6 nitrogen and oxygen atoms in total. The first-order valence-corrected chi connectivity index (χ1v) is 7.42. The number of hydrogen-bond acceptors (Lipinski definition) is 3. The van der Waals surface area contributed by atoms with Crippen LogP contribution in [-0.2, 0) is 4.79 Å². The van der Waals surface area contributed by atoms with Gasteiger partial charge in [0.15, 0.2) is 0 Å². The van der Waals surface area contributed by atoms with Gasteiger partial charge in [0.05, 0.1) is 5.56 Å². The summed E-state index contributed by atoms with van der Waals surface area (Å²) in [5, 5.41) is 14.3. The van der Waals surface area contributed by atoms with E-state index in [1.165, 1.54) is 24.3 Å². The molecule has 2 aromatic rings. The number of carbonyl (C=O) groups excluding carboxylic acids is 2. The van der Waals surface area contributed by atoms with Crippen molar-refractivity contribution in [2.75, 3.05) is 10.6 Å². The zero-order valence-corrected chi connectivity index (χ0v) is 13.4. The molecular formula is C18H18N2O4. The van der Waals surface area contributed by atoms with Crippen LogP contribution in [0.3, 0.4) is 0 Å². The van der Waals surface area contributed by atoms with Gasteiger partial charge in [0.25, 0.3) is 5.91 Å². The first kappa shape index (κ1) is 17.2. The smallest absolute Gasteiger partial charge is 0.335 e. The van der Waals surface area contributed by atoms with Crippen LogP contribution in [0.5, 0.6) is 0 Å². The zero-order chi connectivity index (χ0) is 17.7. The summed E-state index contributed by atoms with van der Waals surface area (Å²) in [6.07, 6.45) is 0. The summed E-state index contributed by atoms with van der Waals surface area (Å²) in [4.78, 5) is 34.6. The quantitative estimate of drug-likeness (QED) is 0.786. The maximum atomic E-state index is 12.2. The van der Waals surface area contributed by atoms with Crippen LogP contribution < -0.4 is 10.6 Å². The Labute approximate surface area is 139 Å². The minimum absolute atomic E-state index is 0.0919. The predicted octanol–water partition coefficient (Wildman–Crippen LogP) is 3.23. The van der Waals surface area contributed by atoms with Gasteiger partial charge in [-0.15, -0.1) is 0 Å². The van der Waals surface area contributed by atoms with Crippen molar-refractivity contribution >= 4 is 29.2 Å². The SMILES string of the molecule is CC(C)C(=O)Nc1ccc(C(=O)Nc2ccc(C(=O)O)cc2)cc1. The number of carboxylic acids is 1. The number of nitrogens with one attached hydrogen (secondary N) is 2. The van der Waals surface area contributed by atoms with Crippen molar-refractivity contribution in [1.82, 2.24) is 0 Å². The molecule has 0 fully saturated rings. The molecule has 3 N–H and O–H groups in total. The summed E-state index contributed by atoms with van der Waals surface area (Å²) < 4.78 is 0. The van der Waals surface area contributed by atoms with E-state index in [1.807, 2.05) is 0 Å². The van der Waals surface area contributed by atoms with E-state index in [0.717, 1.165) is 0 Å². The van der Waals surface area contributed by atoms with E-state index in [1.54, 1.807) is 38.1 Å². The Morgan fingerprint density at radius 3 is 1.71 bits per heavy atom. The molecule has 0 aliphatic carbocycles. The van der Waals surface area contributed by atoms with E-state index >= 15 is 0 Å². The summed E-state index contributed by atoms with van der Waals surface area (Å²) in [7, 11) is 0. The standard InChI is InChI=1S/C18H18N2O4/c1-11(2)16(21)19-14-7-3-12(4-8-14)17(22)20-15-9-5-13(6-10-15)18(23)24/h3-11H,1-2H3,(H,19,21)(H,20,22)(H,23,24). The summed E-state index contributed by atoms with van der Waals surface area (Å²) in [6, 6.07) is 12.4. The third kappa shape index (κ3) is 4.42. The largest absolute Gasteiger partial charge is 0.478 e. The van der Waals surface area contributed by atoms with E-state index in [9.17, 15) is 14.4 Å². The van der Waals surface area contributed by atoms with E-state index in [0.29, 0.717) is 16.9 Å². The Bertz CT molecular complexity index is 750. The van der Waals surface area contributed by atoms with Gasteiger partial charge in [-0.05, 0) is 48.5 Å². The third-order valence-corrected chi connectivity index (χ3v) is 3.33. The fraction of sp³-hybridized carbons (Fsp3) is 0.167. The number of carboxylic acid groups (broad SMARTS) is 1. The van der Waals surface area contributed by atoms with Gasteiger partial charge in [0, 0.05) is 22.9 Å². The van der Waals surface area contributed by atoms with Crippen molar-refractivity contribution in [2.45, 2.75) is 13.8 Å². The van der Waals surface area contributed by atoms with Gasteiger partial charge in [0.2, 0.25) is 5.91 Å². The lowest BCUT2D eigenvalue weighted by atomic mass is 10.1. The maximum Gasteiger partial charge on any atom is 0.335 e. The summed E-state index contributed by atoms with van der Waals surface area (Å²) in [6.45, 7) is 3.60. The molecule has 0 aliphatic rings. The highest BCUT2D eigenvalue weighted by Gasteiger charge is 2.09. The van der Waals surface area contributed by atoms with Crippen LogP contribution in [-0.4, -0.2) is 22.9 Å². The average Bonchev–Trinajstić information content (AvgIpc) is 2.55. The van der Waals surface area contributed by atoms with Crippen LogP contribution in [0, 0.1) is 5.92 Å². The first-order valence-electron chi connectivity index (χ1n) is 7.42. The fourth-order valence-corrected chi connectivity index (χ4v) is 1.89. The molecule has 0 saturated heterocycles. The van der Waals surface area contributed by atoms with Crippen molar-refractivity contribution in [3.63, 3.8) is 0 Å². The van der Waals surface area contributed by atoms with Crippen molar-refractivity contribution in [3.05, 3.63) is 59.7 Å². The number of anilines is 2. The minimum Gasteiger partial charge on any atom is -0.478 e. The number of carbonyl (C=O) groups is 3. The van der Waals surface area contributed by atoms with Crippen molar-refractivity contribution in [1.29, 1.82) is 0 Å². The number of amides is 2. The van der Waals surface area contributed by atoms with Gasteiger partial charge in [-0.25, -0.2) is 4.79 Å². The first-order chi connectivity index (χ1) is 11.4. The zero-order valence-electron chi connectivity index (χ0n) is 13.4. The molecule has 0 aliphatic heterocycles. The topological polar surface area (TPSA) is 95.5 Å². The van der Waals surface area contributed by atoms with Crippen molar-refractivity contribution < 1.29 is 19.5 Å². The summed E-state index contributed by atoms with van der Waals surface area (Å²) in [5.74, 6) is -1.56. The number of benzene rings is 2. The highest BCUT2D eigenvalue weighted by Crippen LogP contribution is 2.14. The average molecular weight is 326 g/mol. The molecular weight excluding hydrogens is 308 g/mol. The Kier molecular flexibility index (Phi) is 5.31. The second-order valence-electron chi connectivity index (χ2n) is 5.56. The van der Waals surface area contributed by atoms with Crippen molar-refractivity contribution in [2.24, 2.45) is 5.92 Å². The highest BCUT2D eigenvalue weighted by atomic mass is 16.4. The summed E-state index contributed by atoms with van der Waals surface area (Å²) >= 11 is 0. The van der Waals surface area contributed by atoms with E-state index in [4.69, 9.17) is 5.11 Å². The maximum absolute atomic E-state index is 12.2. The highest BCUT2D eigenvalue weighted by molar-refractivity contribution is 6.05. The van der Waals surface area contributed by atoms with Crippen LogP contribution in [0.25, 0.3) is 0 Å². The van der Waals surface area contributed by atoms with Gasteiger partial charge >= 0.3 is 5.97 Å². The van der Waals surface area contributed by atoms with E-state index in [2.05, 4.69) is 10.6 Å². The lowest BCUT2D eigenvalue weighted by molar-refractivity contribution is -0.118. The molecule has 0 spiro atoms. The summed E-state index contributed by atoms with van der Waals surface area (Å²) in [5.41, 5.74) is 1.70. The molecule has 2 rings (SSSR count). The molecule has 2 aromatic carbocycles. The second kappa shape index (κ2) is 7.41. The molecule has 0 bridgehead atoms. The Balaban J connectivity index is 2.02. The van der Waals surface area contributed by atoms with Crippen LogP contribution in [0.15, 0.2) is 48.5 Å². The molecule has 0 saturated carbocycles. The third-order valence-electron chi connectivity index (χ3n) is 3.33. The number of hydrogen-bond donors (Lipinski definition) is 3. The molecule has 0 radical (unpaired) electrons. The monoisotopic (exact) mass is 326 g/mol. The molecule has 0 aromatic heterocycles. The molecule has 0 atom stereocenters. The van der Waals surface area contributed by atoms with Crippen LogP contribution in [0.1, 0.15) is 34.6 Å². The van der Waals surface area contributed by atoms with E-state index < -0.39 is 5.97 Å². The lowest BCUT2D eigenvalue weighted by Crippen LogP contribution is -2.18. The van der Waals surface area contributed by atoms with Gasteiger partial charge in [-0.3, -0.25) is 9.59 Å². The molecule has 0 unspecified atom stereocenters. The molecule has 124 valence electrons. The predicted molar refractivity (Wildman–Crippen MR) is 91.3 cm³/mol. The second-order valence-corrected chi connectivity index (χ2v) is 5.56. The molecule has 0 heterocycles. The van der Waals surface area contributed by atoms with Crippen molar-refractivity contribution in [3.8, 4) is 0 Å². The Hall–Kier alpha value is -3.15. The molecule has 6 heteroatoms. The van der Waals surface area contributed by atoms with Gasteiger partial charge in [0.1, 0.15) is 0 Å². The van der Waals surface area contributed by atoms with Crippen LogP contribution in [0.2, 0.25) is 0 Å². The van der Waals surface area contributed by atoms with Gasteiger partial charge in [-0.2, -0.15) is 0 Å². The van der Waals surface area contributed by atoms with Gasteiger partial charge in [-0.1, -0.05) is 13.8 Å². The normalized spacial score (nSPS) is 10.3. The molecule has 2 amide bonds.